The van der Waals surface area contributed by atoms with Gasteiger partial charge in [0.15, 0.2) is 10.8 Å². The van der Waals surface area contributed by atoms with E-state index in [1.165, 1.54) is 11.3 Å². The molecule has 1 aliphatic carbocycles. The molecule has 0 unspecified atom stereocenters. The quantitative estimate of drug-likeness (QED) is 0.844. The van der Waals surface area contributed by atoms with E-state index in [9.17, 15) is 15.8 Å². The van der Waals surface area contributed by atoms with E-state index in [4.69, 9.17) is 14.9 Å². The Morgan fingerprint density at radius 1 is 1.21 bits per heavy atom. The Morgan fingerprint density at radius 2 is 2.00 bits per heavy atom. The Balaban J connectivity index is 2.03. The standard InChI is InChI=1S/C17H14N4O2S/c18-8-15(9-19)12-5-1-2-6-17(12)22-13(11-4-3-7-24-11)16(15,10-20)14(21)23-17/h3-4,7,12-13,21H,1-2,5-6H2/t12-,13-,16+,17-/m1/s1. The molecule has 5 rings (SSSR count). The molecule has 0 aromatic carbocycles. The average molecular weight is 338 g/mol. The molecule has 4 fully saturated rings. The number of thiophene rings is 1. The van der Waals surface area contributed by atoms with Crippen LogP contribution in [0.25, 0.3) is 0 Å². The van der Waals surface area contributed by atoms with E-state index in [0.717, 1.165) is 17.7 Å². The highest BCUT2D eigenvalue weighted by Crippen LogP contribution is 2.69. The molecular weight excluding hydrogens is 324 g/mol. The summed E-state index contributed by atoms with van der Waals surface area (Å²) in [5.74, 6) is -2.00. The predicted molar refractivity (Wildman–Crippen MR) is 83.4 cm³/mol. The first kappa shape index (κ1) is 15.1. The van der Waals surface area contributed by atoms with E-state index in [0.29, 0.717) is 12.8 Å². The number of rotatable bonds is 1. The van der Waals surface area contributed by atoms with Gasteiger partial charge in [-0.25, -0.2) is 0 Å². The smallest absolute Gasteiger partial charge is 0.218 e. The predicted octanol–water partition coefficient (Wildman–Crippen LogP) is 3.26. The van der Waals surface area contributed by atoms with Gasteiger partial charge in [0.1, 0.15) is 6.10 Å². The van der Waals surface area contributed by atoms with Crippen molar-refractivity contribution in [2.75, 3.05) is 0 Å². The van der Waals surface area contributed by atoms with Crippen molar-refractivity contribution in [3.63, 3.8) is 0 Å². The van der Waals surface area contributed by atoms with Crippen molar-refractivity contribution in [3.05, 3.63) is 22.4 Å². The van der Waals surface area contributed by atoms with Crippen LogP contribution in [-0.4, -0.2) is 11.7 Å². The van der Waals surface area contributed by atoms with Crippen LogP contribution in [0.4, 0.5) is 0 Å². The molecule has 120 valence electrons. The molecule has 4 aliphatic rings. The second-order valence-corrected chi connectivity index (χ2v) is 7.49. The van der Waals surface area contributed by atoms with Crippen LogP contribution in [0.3, 0.4) is 0 Å². The van der Waals surface area contributed by atoms with Crippen LogP contribution in [0, 0.1) is 56.2 Å². The molecule has 0 amide bonds. The highest BCUT2D eigenvalue weighted by Gasteiger charge is 2.80. The fourth-order valence-electron chi connectivity index (χ4n) is 4.54. The zero-order valence-electron chi connectivity index (χ0n) is 12.8. The van der Waals surface area contributed by atoms with E-state index in [1.807, 2.05) is 17.5 Å². The van der Waals surface area contributed by atoms with Gasteiger partial charge in [0.05, 0.1) is 24.1 Å². The summed E-state index contributed by atoms with van der Waals surface area (Å²) in [4.78, 5) is 0.739. The monoisotopic (exact) mass is 338 g/mol. The molecule has 1 spiro atoms. The number of hydrogen-bond donors (Lipinski definition) is 1. The number of nitriles is 3. The summed E-state index contributed by atoms with van der Waals surface area (Å²) >= 11 is 1.40. The van der Waals surface area contributed by atoms with Gasteiger partial charge in [-0.3, -0.25) is 5.41 Å². The third-order valence-electron chi connectivity index (χ3n) is 5.62. The van der Waals surface area contributed by atoms with Crippen LogP contribution < -0.4 is 0 Å². The second-order valence-electron chi connectivity index (χ2n) is 6.51. The van der Waals surface area contributed by atoms with Crippen molar-refractivity contribution >= 4 is 17.2 Å². The average Bonchev–Trinajstić information content (AvgIpc) is 3.14. The summed E-state index contributed by atoms with van der Waals surface area (Å²) in [6.45, 7) is 0. The second kappa shape index (κ2) is 4.80. The Bertz CT molecular complexity index is 816. The van der Waals surface area contributed by atoms with Gasteiger partial charge in [0.25, 0.3) is 0 Å². The van der Waals surface area contributed by atoms with Gasteiger partial charge in [0, 0.05) is 11.3 Å². The third kappa shape index (κ3) is 1.44. The van der Waals surface area contributed by atoms with Crippen molar-refractivity contribution < 1.29 is 9.47 Å². The molecule has 3 saturated heterocycles. The first-order chi connectivity index (χ1) is 11.6. The molecule has 6 nitrogen and oxygen atoms in total. The summed E-state index contributed by atoms with van der Waals surface area (Å²) in [6.07, 6.45) is 1.96. The highest BCUT2D eigenvalue weighted by molar-refractivity contribution is 7.10. The van der Waals surface area contributed by atoms with Crippen molar-refractivity contribution in [2.24, 2.45) is 16.7 Å². The maximum atomic E-state index is 10.0. The first-order valence-electron chi connectivity index (χ1n) is 7.83. The van der Waals surface area contributed by atoms with Crippen LogP contribution in [0.5, 0.6) is 0 Å². The lowest BCUT2D eigenvalue weighted by Gasteiger charge is -2.63. The van der Waals surface area contributed by atoms with Crippen LogP contribution in [0.1, 0.15) is 36.7 Å². The Morgan fingerprint density at radius 3 is 2.62 bits per heavy atom. The SMILES string of the molecule is N#CC1(C#N)[C@H]2CCCC[C@@]23OC(=N)[C@]1(C#N)[C@@H](c1cccs1)O3. The summed E-state index contributed by atoms with van der Waals surface area (Å²) in [5.41, 5.74) is -3.39. The number of nitrogens with zero attached hydrogens (tertiary/aromatic N) is 3. The van der Waals surface area contributed by atoms with E-state index < -0.39 is 28.6 Å². The topological polar surface area (TPSA) is 114 Å². The molecule has 1 saturated carbocycles. The van der Waals surface area contributed by atoms with E-state index in [-0.39, 0.29) is 5.90 Å². The Hall–Kier alpha value is -2.40. The van der Waals surface area contributed by atoms with Crippen molar-refractivity contribution in [1.82, 2.24) is 0 Å². The number of fused-ring (bicyclic) bond motifs is 2. The lowest BCUT2D eigenvalue weighted by molar-refractivity contribution is -0.360. The summed E-state index contributed by atoms with van der Waals surface area (Å²) in [7, 11) is 0. The normalized spacial score (nSPS) is 39.0. The van der Waals surface area contributed by atoms with Crippen LogP contribution in [-0.2, 0) is 9.47 Å². The fraction of sp³-hybridized carbons (Fsp3) is 0.529. The van der Waals surface area contributed by atoms with Crippen LogP contribution in [0.15, 0.2) is 17.5 Å². The van der Waals surface area contributed by atoms with Gasteiger partial charge in [-0.05, 0) is 24.3 Å². The van der Waals surface area contributed by atoms with Crippen LogP contribution in [0.2, 0.25) is 0 Å². The van der Waals surface area contributed by atoms with Crippen molar-refractivity contribution in [3.8, 4) is 18.2 Å². The van der Waals surface area contributed by atoms with Gasteiger partial charge >= 0.3 is 0 Å². The molecule has 2 bridgehead atoms. The molecule has 4 heterocycles. The summed E-state index contributed by atoms with van der Waals surface area (Å²) < 4.78 is 12.1. The summed E-state index contributed by atoms with van der Waals surface area (Å²) in [6, 6.07) is 10.0. The molecule has 1 aromatic rings. The summed E-state index contributed by atoms with van der Waals surface area (Å²) in [5, 5.41) is 40.3. The van der Waals surface area contributed by atoms with Crippen molar-refractivity contribution in [2.45, 2.75) is 37.6 Å². The van der Waals surface area contributed by atoms with E-state index >= 15 is 0 Å². The number of hydrogen-bond acceptors (Lipinski definition) is 7. The van der Waals surface area contributed by atoms with E-state index in [2.05, 4.69) is 18.2 Å². The minimum absolute atomic E-state index is 0.309. The third-order valence-corrected chi connectivity index (χ3v) is 6.53. The first-order valence-corrected chi connectivity index (χ1v) is 8.71. The molecule has 7 heteroatoms. The zero-order chi connectivity index (χ0) is 17.0. The molecule has 3 aliphatic heterocycles. The molecule has 0 radical (unpaired) electrons. The molecule has 1 aromatic heterocycles. The van der Waals surface area contributed by atoms with Gasteiger partial charge in [-0.2, -0.15) is 15.8 Å². The largest absolute Gasteiger partial charge is 0.447 e. The minimum Gasteiger partial charge on any atom is -0.447 e. The molecular formula is C17H14N4O2S. The zero-order valence-corrected chi connectivity index (χ0v) is 13.6. The van der Waals surface area contributed by atoms with E-state index in [1.54, 1.807) is 0 Å². The number of ether oxygens (including phenoxy) is 2. The van der Waals surface area contributed by atoms with Gasteiger partial charge < -0.3 is 9.47 Å². The van der Waals surface area contributed by atoms with Crippen molar-refractivity contribution in [1.29, 1.82) is 21.2 Å². The number of nitrogens with one attached hydrogen (secondary N) is 1. The Kier molecular flexibility index (Phi) is 3.03. The Labute approximate surface area is 143 Å². The molecule has 4 atom stereocenters. The van der Waals surface area contributed by atoms with Gasteiger partial charge in [0.2, 0.25) is 11.7 Å². The highest BCUT2D eigenvalue weighted by atomic mass is 32.1. The maximum Gasteiger partial charge on any atom is 0.218 e. The molecule has 1 N–H and O–H groups in total. The maximum absolute atomic E-state index is 10.0. The molecule has 24 heavy (non-hydrogen) atoms. The van der Waals surface area contributed by atoms with Crippen LogP contribution >= 0.6 is 11.3 Å². The lowest BCUT2D eigenvalue weighted by atomic mass is 9.49. The fourth-order valence-corrected chi connectivity index (χ4v) is 5.36. The van der Waals surface area contributed by atoms with Gasteiger partial charge in [-0.1, -0.05) is 12.5 Å². The minimum atomic E-state index is -1.74. The lowest BCUT2D eigenvalue weighted by Crippen LogP contribution is -2.73. The van der Waals surface area contributed by atoms with Gasteiger partial charge in [-0.15, -0.1) is 11.3 Å².